The van der Waals surface area contributed by atoms with Crippen LogP contribution < -0.4 is 20.0 Å². The van der Waals surface area contributed by atoms with E-state index in [2.05, 4.69) is 127 Å². The first kappa shape index (κ1) is 19.3. The van der Waals surface area contributed by atoms with Crippen LogP contribution in [-0.2, 0) is 0 Å². The minimum atomic E-state index is -2.08. The van der Waals surface area contributed by atoms with Crippen molar-refractivity contribution in [3.63, 3.8) is 0 Å². The molecule has 1 aliphatic heterocycles. The summed E-state index contributed by atoms with van der Waals surface area (Å²) < 4.78 is 4.00. The molecule has 0 aromatic heterocycles. The van der Waals surface area contributed by atoms with Crippen molar-refractivity contribution in [1.82, 2.24) is 0 Å². The molecule has 1 heterocycles. The van der Waals surface area contributed by atoms with Crippen LogP contribution in [0.15, 0.2) is 109 Å². The van der Waals surface area contributed by atoms with Gasteiger partial charge < -0.3 is 0 Å². The molecule has 0 aliphatic carbocycles. The van der Waals surface area contributed by atoms with E-state index in [1.165, 1.54) is 21.6 Å². The molecule has 0 fully saturated rings. The molecule has 0 saturated carbocycles. The number of benzene rings is 4. The average Bonchev–Trinajstić information content (AvgIpc) is 2.84. The molecule has 0 saturated heterocycles. The number of fused-ring (bicyclic) bond motifs is 1. The number of hydrogen-bond donors (Lipinski definition) is 0. The van der Waals surface area contributed by atoms with Crippen molar-refractivity contribution >= 4 is 55.0 Å². The molecule has 0 unspecified atom stereocenters. The number of rotatable bonds is 4. The molecule has 0 bridgehead atoms. The average molecular weight is 470 g/mol. The van der Waals surface area contributed by atoms with Crippen LogP contribution in [0.1, 0.15) is 5.56 Å². The maximum atomic E-state index is 2.52. The van der Waals surface area contributed by atoms with Gasteiger partial charge in [-0.3, -0.25) is 0 Å². The zero-order valence-electron chi connectivity index (χ0n) is 17.0. The Bertz CT molecular complexity index is 1150. The van der Waals surface area contributed by atoms with Gasteiger partial charge in [0, 0.05) is 0 Å². The van der Waals surface area contributed by atoms with Gasteiger partial charge in [-0.25, -0.2) is 0 Å². The Morgan fingerprint density at radius 2 is 1.23 bits per heavy atom. The van der Waals surface area contributed by atoms with Crippen LogP contribution in [-0.4, -0.2) is 39.3 Å². The van der Waals surface area contributed by atoms with Gasteiger partial charge in [-0.2, -0.15) is 0 Å². The van der Waals surface area contributed by atoms with E-state index in [1.807, 2.05) is 0 Å². The summed E-state index contributed by atoms with van der Waals surface area (Å²) in [5, 5.41) is 4.53. The van der Waals surface area contributed by atoms with Gasteiger partial charge in [-0.15, -0.1) is 0 Å². The first-order valence-corrected chi connectivity index (χ1v) is 14.9. The summed E-state index contributed by atoms with van der Waals surface area (Å²) >= 11 is 0.397. The number of para-hydroxylation sites is 1. The van der Waals surface area contributed by atoms with Gasteiger partial charge in [-0.1, -0.05) is 0 Å². The van der Waals surface area contributed by atoms with Gasteiger partial charge in [0.2, 0.25) is 0 Å². The maximum absolute atomic E-state index is 2.52. The van der Waals surface area contributed by atoms with Crippen molar-refractivity contribution in [3.8, 4) is 0 Å². The predicted octanol–water partition coefficient (Wildman–Crippen LogP) is 2.85. The first-order valence-electron chi connectivity index (χ1n) is 10.3. The van der Waals surface area contributed by atoms with E-state index >= 15 is 0 Å². The second-order valence-corrected chi connectivity index (χ2v) is 13.7. The molecule has 1 aliphatic rings. The Balaban J connectivity index is 1.69. The molecule has 3 heteroatoms. The van der Waals surface area contributed by atoms with Crippen LogP contribution in [0.3, 0.4) is 0 Å². The van der Waals surface area contributed by atoms with E-state index in [0.29, 0.717) is 15.0 Å². The summed E-state index contributed by atoms with van der Waals surface area (Å²) in [6, 6.07) is 40.0. The van der Waals surface area contributed by atoms with Crippen LogP contribution in [0.4, 0.5) is 5.69 Å². The van der Waals surface area contributed by atoms with Crippen LogP contribution in [0, 0.1) is 0 Å². The first-order chi connectivity index (χ1) is 14.8. The molecule has 0 radical (unpaired) electrons. The van der Waals surface area contributed by atoms with E-state index in [4.69, 9.17) is 0 Å². The fourth-order valence-electron chi connectivity index (χ4n) is 4.34. The number of nitrogens with zero attached hydrogens (tertiary/aromatic N) is 1. The molecule has 146 valence electrons. The SMILES string of the molecule is C[Si](c1ccccc1)(c1ccccc1)c1cccc2c1[Se]C[N+](c1ccccc1)=C2. The molecular weight excluding hydrogens is 445 g/mol. The summed E-state index contributed by atoms with van der Waals surface area (Å²) in [6.07, 6.45) is 2.35. The second-order valence-electron chi connectivity index (χ2n) is 7.79. The fraction of sp³-hybridized carbons (Fsp3) is 0.0741. The third-order valence-electron chi connectivity index (χ3n) is 6.02. The van der Waals surface area contributed by atoms with Gasteiger partial charge in [0.15, 0.2) is 0 Å². The van der Waals surface area contributed by atoms with Crippen molar-refractivity contribution in [2.45, 2.75) is 6.55 Å². The van der Waals surface area contributed by atoms with Crippen LogP contribution in [0.25, 0.3) is 0 Å². The minimum absolute atomic E-state index is 0.397. The Morgan fingerprint density at radius 3 is 1.83 bits per heavy atom. The second kappa shape index (κ2) is 8.20. The summed E-state index contributed by atoms with van der Waals surface area (Å²) in [4.78, 5) is 0. The van der Waals surface area contributed by atoms with Gasteiger partial charge >= 0.3 is 186 Å². The Labute approximate surface area is 185 Å². The Morgan fingerprint density at radius 1 is 0.667 bits per heavy atom. The molecular formula is C27H24NSeSi+. The molecule has 5 rings (SSSR count). The molecule has 0 amide bonds. The Hall–Kier alpha value is -2.71. The van der Waals surface area contributed by atoms with Crippen molar-refractivity contribution in [3.05, 3.63) is 115 Å². The summed E-state index contributed by atoms with van der Waals surface area (Å²) in [7, 11) is -2.08. The van der Waals surface area contributed by atoms with E-state index in [1.54, 1.807) is 9.65 Å². The number of hydrogen-bond acceptors (Lipinski definition) is 0. The molecule has 0 N–H and O–H groups in total. The van der Waals surface area contributed by atoms with Gasteiger partial charge in [-0.05, 0) is 0 Å². The monoisotopic (exact) mass is 470 g/mol. The standard InChI is InChI=1S/C27H24NSeSi/c1-30(24-15-7-3-8-16-24,25-17-9-4-10-18-25)26-19-11-12-22-20-28(21-29-27(22)26)23-13-5-2-6-14-23/h2-20H,21H2,1H3/q+1. The summed E-state index contributed by atoms with van der Waals surface area (Å²) in [5.41, 5.74) is 3.74. The molecule has 4 aromatic carbocycles. The predicted molar refractivity (Wildman–Crippen MR) is 132 cm³/mol. The molecule has 1 nitrogen and oxygen atoms in total. The quantitative estimate of drug-likeness (QED) is 0.246. The van der Waals surface area contributed by atoms with Crippen LogP contribution in [0.2, 0.25) is 6.55 Å². The van der Waals surface area contributed by atoms with E-state index in [0.717, 1.165) is 5.44 Å². The molecule has 0 atom stereocenters. The normalized spacial score (nSPS) is 13.4. The van der Waals surface area contributed by atoms with Crippen molar-refractivity contribution in [2.75, 3.05) is 5.44 Å². The van der Waals surface area contributed by atoms with Crippen LogP contribution in [0.5, 0.6) is 0 Å². The molecule has 4 aromatic rings. The molecule has 0 spiro atoms. The van der Waals surface area contributed by atoms with Crippen molar-refractivity contribution in [2.24, 2.45) is 0 Å². The van der Waals surface area contributed by atoms with E-state index in [9.17, 15) is 0 Å². The summed E-state index contributed by atoms with van der Waals surface area (Å²) in [5.74, 6) is 0. The Kier molecular flexibility index (Phi) is 5.26. The van der Waals surface area contributed by atoms with Crippen molar-refractivity contribution in [1.29, 1.82) is 0 Å². The topological polar surface area (TPSA) is 3.01 Å². The zero-order chi connectivity index (χ0) is 20.4. The van der Waals surface area contributed by atoms with Crippen LogP contribution >= 0.6 is 0 Å². The van der Waals surface area contributed by atoms with E-state index < -0.39 is 8.07 Å². The molecule has 30 heavy (non-hydrogen) atoms. The van der Waals surface area contributed by atoms with Gasteiger partial charge in [0.1, 0.15) is 0 Å². The third kappa shape index (κ3) is 3.39. The summed E-state index contributed by atoms with van der Waals surface area (Å²) in [6.45, 7) is 2.52. The van der Waals surface area contributed by atoms with Gasteiger partial charge in [0.25, 0.3) is 0 Å². The van der Waals surface area contributed by atoms with Crippen molar-refractivity contribution < 1.29 is 4.58 Å². The zero-order valence-corrected chi connectivity index (χ0v) is 19.7. The van der Waals surface area contributed by atoms with Gasteiger partial charge in [0.05, 0.1) is 0 Å². The third-order valence-corrected chi connectivity index (χ3v) is 13.3. The fourth-order valence-corrected chi connectivity index (χ4v) is 11.8. The van der Waals surface area contributed by atoms with E-state index in [-0.39, 0.29) is 0 Å².